The number of hydrogen-bond acceptors (Lipinski definition) is 4. The number of Topliss-reactive ketones (excluding diaryl/α,β-unsaturated/α-hetero) is 1. The van der Waals surface area contributed by atoms with Gasteiger partial charge in [-0.3, -0.25) is 14.2 Å². The van der Waals surface area contributed by atoms with E-state index in [1.807, 2.05) is 37.3 Å². The minimum absolute atomic E-state index is 0.0130. The number of nitrogens with zero attached hydrogens (tertiary/aromatic N) is 2. The molecular weight excluding hydrogens is 322 g/mol. The normalized spacial score (nSPS) is 11.4. The smallest absolute Gasteiger partial charge is 0.262 e. The SMILES string of the molecule is CCc1cc2c(=O)n(CC(=O)c3c[nH]c4ccccc34)cnc2s1. The second-order valence-electron chi connectivity index (χ2n) is 5.63. The molecule has 24 heavy (non-hydrogen) atoms. The number of thiophene rings is 1. The second-order valence-corrected chi connectivity index (χ2v) is 6.75. The first-order chi connectivity index (χ1) is 11.7. The van der Waals surface area contributed by atoms with Gasteiger partial charge in [-0.25, -0.2) is 4.98 Å². The van der Waals surface area contributed by atoms with Crippen LogP contribution in [-0.4, -0.2) is 20.3 Å². The Morgan fingerprint density at radius 1 is 1.29 bits per heavy atom. The monoisotopic (exact) mass is 337 g/mol. The molecule has 0 atom stereocenters. The molecule has 3 aromatic heterocycles. The molecular formula is C18H15N3O2S. The lowest BCUT2D eigenvalue weighted by Crippen LogP contribution is -2.24. The highest BCUT2D eigenvalue weighted by Gasteiger charge is 2.15. The number of carbonyl (C=O) groups excluding carboxylic acids is 1. The molecule has 0 aliphatic heterocycles. The van der Waals surface area contributed by atoms with Gasteiger partial charge >= 0.3 is 0 Å². The summed E-state index contributed by atoms with van der Waals surface area (Å²) in [6.07, 6.45) is 4.03. The molecule has 5 nitrogen and oxygen atoms in total. The van der Waals surface area contributed by atoms with Crippen LogP contribution in [-0.2, 0) is 13.0 Å². The van der Waals surface area contributed by atoms with Gasteiger partial charge in [0.05, 0.1) is 18.3 Å². The number of aromatic amines is 1. The molecule has 3 heterocycles. The summed E-state index contributed by atoms with van der Waals surface area (Å²) in [5.74, 6) is -0.110. The lowest BCUT2D eigenvalue weighted by Gasteiger charge is -2.04. The Labute approximate surface area is 141 Å². The minimum Gasteiger partial charge on any atom is -0.360 e. The van der Waals surface area contributed by atoms with Crippen molar-refractivity contribution in [3.05, 3.63) is 63.7 Å². The molecule has 0 spiro atoms. The van der Waals surface area contributed by atoms with E-state index >= 15 is 0 Å². The predicted octanol–water partition coefficient (Wildman–Crippen LogP) is 3.38. The van der Waals surface area contributed by atoms with Gasteiger partial charge in [0.25, 0.3) is 5.56 Å². The Bertz CT molecular complexity index is 1120. The van der Waals surface area contributed by atoms with E-state index in [-0.39, 0.29) is 17.9 Å². The quantitative estimate of drug-likeness (QED) is 0.581. The average molecular weight is 337 g/mol. The summed E-state index contributed by atoms with van der Waals surface area (Å²) in [6, 6.07) is 9.50. The molecule has 1 aromatic carbocycles. The first kappa shape index (κ1) is 14.8. The number of para-hydroxylation sites is 1. The molecule has 0 fully saturated rings. The molecule has 4 rings (SSSR count). The number of fused-ring (bicyclic) bond motifs is 2. The van der Waals surface area contributed by atoms with Crippen molar-refractivity contribution in [3.63, 3.8) is 0 Å². The van der Waals surface area contributed by atoms with Crippen molar-refractivity contribution in [2.45, 2.75) is 19.9 Å². The van der Waals surface area contributed by atoms with Gasteiger partial charge in [0, 0.05) is 27.5 Å². The number of benzene rings is 1. The molecule has 0 radical (unpaired) electrons. The molecule has 0 amide bonds. The largest absolute Gasteiger partial charge is 0.360 e. The number of ketones is 1. The number of aromatic nitrogens is 3. The van der Waals surface area contributed by atoms with Crippen LogP contribution in [0.2, 0.25) is 0 Å². The fraction of sp³-hybridized carbons (Fsp3) is 0.167. The molecule has 1 N–H and O–H groups in total. The van der Waals surface area contributed by atoms with Crippen LogP contribution in [0.25, 0.3) is 21.1 Å². The first-order valence-corrected chi connectivity index (χ1v) is 8.56. The summed E-state index contributed by atoms with van der Waals surface area (Å²) < 4.78 is 1.39. The van der Waals surface area contributed by atoms with Gasteiger partial charge in [-0.2, -0.15) is 0 Å². The maximum atomic E-state index is 12.6. The van der Waals surface area contributed by atoms with Gasteiger partial charge in [-0.05, 0) is 18.6 Å². The van der Waals surface area contributed by atoms with Gasteiger partial charge in [0.1, 0.15) is 4.83 Å². The van der Waals surface area contributed by atoms with Crippen LogP contribution in [0.15, 0.2) is 47.7 Å². The van der Waals surface area contributed by atoms with Crippen molar-refractivity contribution in [2.24, 2.45) is 0 Å². The lowest BCUT2D eigenvalue weighted by atomic mass is 10.1. The molecule has 0 unspecified atom stereocenters. The van der Waals surface area contributed by atoms with Crippen LogP contribution in [0.4, 0.5) is 0 Å². The number of nitrogens with one attached hydrogen (secondary N) is 1. The fourth-order valence-electron chi connectivity index (χ4n) is 2.84. The summed E-state index contributed by atoms with van der Waals surface area (Å²) in [5, 5.41) is 1.46. The van der Waals surface area contributed by atoms with Crippen molar-refractivity contribution >= 4 is 38.2 Å². The van der Waals surface area contributed by atoms with Crippen LogP contribution >= 0.6 is 11.3 Å². The molecule has 120 valence electrons. The second kappa shape index (κ2) is 5.72. The van der Waals surface area contributed by atoms with E-state index in [2.05, 4.69) is 9.97 Å². The zero-order chi connectivity index (χ0) is 16.7. The van der Waals surface area contributed by atoms with Crippen molar-refractivity contribution in [1.29, 1.82) is 0 Å². The molecule has 0 aliphatic rings. The van der Waals surface area contributed by atoms with Gasteiger partial charge < -0.3 is 4.98 Å². The summed E-state index contributed by atoms with van der Waals surface area (Å²) in [6.45, 7) is 2.03. The lowest BCUT2D eigenvalue weighted by molar-refractivity contribution is 0.0972. The third kappa shape index (κ3) is 2.35. The number of rotatable bonds is 4. The average Bonchev–Trinajstić information content (AvgIpc) is 3.21. The van der Waals surface area contributed by atoms with Crippen molar-refractivity contribution < 1.29 is 4.79 Å². The van der Waals surface area contributed by atoms with E-state index in [1.54, 1.807) is 6.20 Å². The summed E-state index contributed by atoms with van der Waals surface area (Å²) in [4.78, 5) is 34.5. The Morgan fingerprint density at radius 3 is 2.96 bits per heavy atom. The van der Waals surface area contributed by atoms with Gasteiger partial charge in [-0.1, -0.05) is 25.1 Å². The van der Waals surface area contributed by atoms with Gasteiger partial charge in [-0.15, -0.1) is 11.3 Å². The number of carbonyl (C=O) groups is 1. The molecule has 4 aromatic rings. The first-order valence-electron chi connectivity index (χ1n) is 7.74. The predicted molar refractivity (Wildman–Crippen MR) is 95.9 cm³/mol. The molecule has 0 saturated carbocycles. The maximum Gasteiger partial charge on any atom is 0.262 e. The molecule has 0 bridgehead atoms. The summed E-state index contributed by atoms with van der Waals surface area (Å²) in [5.41, 5.74) is 1.34. The number of aryl methyl sites for hydroxylation is 1. The standard InChI is InChI=1S/C18H15N3O2S/c1-2-11-7-13-17(24-11)20-10-21(18(13)23)9-16(22)14-8-19-15-6-4-3-5-12(14)15/h3-8,10,19H,2,9H2,1H3. The van der Waals surface area contributed by atoms with Crippen molar-refractivity contribution in [3.8, 4) is 0 Å². The van der Waals surface area contributed by atoms with Crippen LogP contribution in [0, 0.1) is 0 Å². The van der Waals surface area contributed by atoms with Gasteiger partial charge in [0.2, 0.25) is 0 Å². The Hall–Kier alpha value is -2.73. The third-order valence-electron chi connectivity index (χ3n) is 4.12. The Kier molecular flexibility index (Phi) is 3.54. The molecule has 0 saturated heterocycles. The van der Waals surface area contributed by atoms with Crippen molar-refractivity contribution in [1.82, 2.24) is 14.5 Å². The highest BCUT2D eigenvalue weighted by molar-refractivity contribution is 7.18. The van der Waals surface area contributed by atoms with Crippen LogP contribution in [0.5, 0.6) is 0 Å². The zero-order valence-corrected chi connectivity index (χ0v) is 13.9. The van der Waals surface area contributed by atoms with E-state index in [1.165, 1.54) is 22.2 Å². The maximum absolute atomic E-state index is 12.6. The Morgan fingerprint density at radius 2 is 2.12 bits per heavy atom. The molecule has 0 aliphatic carbocycles. The van der Waals surface area contributed by atoms with Crippen LogP contribution in [0.3, 0.4) is 0 Å². The van der Waals surface area contributed by atoms with E-state index in [9.17, 15) is 9.59 Å². The fourth-order valence-corrected chi connectivity index (χ4v) is 3.76. The van der Waals surface area contributed by atoms with Crippen LogP contribution in [0.1, 0.15) is 22.2 Å². The minimum atomic E-state index is -0.163. The van der Waals surface area contributed by atoms with Crippen molar-refractivity contribution in [2.75, 3.05) is 0 Å². The summed E-state index contributed by atoms with van der Waals surface area (Å²) >= 11 is 1.52. The van der Waals surface area contributed by atoms with E-state index in [0.29, 0.717) is 10.9 Å². The van der Waals surface area contributed by atoms with Crippen LogP contribution < -0.4 is 5.56 Å². The van der Waals surface area contributed by atoms with E-state index in [0.717, 1.165) is 27.0 Å². The van der Waals surface area contributed by atoms with E-state index in [4.69, 9.17) is 0 Å². The molecule has 6 heteroatoms. The van der Waals surface area contributed by atoms with E-state index < -0.39 is 0 Å². The number of hydrogen-bond donors (Lipinski definition) is 1. The highest BCUT2D eigenvalue weighted by Crippen LogP contribution is 2.21. The number of H-pyrrole nitrogens is 1. The topological polar surface area (TPSA) is 67.8 Å². The van der Waals surface area contributed by atoms with Gasteiger partial charge in [0.15, 0.2) is 5.78 Å². The third-order valence-corrected chi connectivity index (χ3v) is 5.31. The Balaban J connectivity index is 1.72. The highest BCUT2D eigenvalue weighted by atomic mass is 32.1. The zero-order valence-electron chi connectivity index (χ0n) is 13.1. The summed E-state index contributed by atoms with van der Waals surface area (Å²) in [7, 11) is 0.